The number of hydrogen-bond acceptors (Lipinski definition) is 5. The lowest BCUT2D eigenvalue weighted by Crippen LogP contribution is -2.51. The molecule has 0 aliphatic carbocycles. The third-order valence-electron chi connectivity index (χ3n) is 4.98. The number of aliphatic hydroxyl groups excluding tert-OH is 1. The molecular formula is C17H32N4O3. The van der Waals surface area contributed by atoms with Crippen molar-refractivity contribution < 1.29 is 14.7 Å². The number of carbonyl (C=O) groups is 2. The normalized spacial score (nSPS) is 24.3. The summed E-state index contributed by atoms with van der Waals surface area (Å²) >= 11 is 0. The van der Waals surface area contributed by atoms with Crippen LogP contribution in [0.2, 0.25) is 0 Å². The summed E-state index contributed by atoms with van der Waals surface area (Å²) in [5.41, 5.74) is -0.897. The lowest BCUT2D eigenvalue weighted by Gasteiger charge is -2.38. The van der Waals surface area contributed by atoms with Gasteiger partial charge in [-0.1, -0.05) is 20.8 Å². The molecule has 0 spiro atoms. The first-order valence-electron chi connectivity index (χ1n) is 8.77. The highest BCUT2D eigenvalue weighted by Crippen LogP contribution is 2.20. The number of urea groups is 1. The van der Waals surface area contributed by atoms with E-state index in [-0.39, 0.29) is 23.5 Å². The molecule has 1 unspecified atom stereocenters. The molecule has 0 bridgehead atoms. The molecule has 2 fully saturated rings. The van der Waals surface area contributed by atoms with Gasteiger partial charge in [-0.2, -0.15) is 0 Å². The highest BCUT2D eigenvalue weighted by atomic mass is 16.3. The summed E-state index contributed by atoms with van der Waals surface area (Å²) in [4.78, 5) is 29.9. The zero-order valence-corrected chi connectivity index (χ0v) is 15.6. The van der Waals surface area contributed by atoms with Gasteiger partial charge in [0.2, 0.25) is 0 Å². The van der Waals surface area contributed by atoms with Crippen molar-refractivity contribution in [2.24, 2.45) is 5.41 Å². The van der Waals surface area contributed by atoms with Gasteiger partial charge in [0.05, 0.1) is 6.10 Å². The van der Waals surface area contributed by atoms with Crippen LogP contribution in [0.25, 0.3) is 0 Å². The van der Waals surface area contributed by atoms with E-state index in [0.717, 1.165) is 26.2 Å². The number of hydrogen-bond donors (Lipinski definition) is 2. The summed E-state index contributed by atoms with van der Waals surface area (Å²) < 4.78 is 0. The zero-order valence-electron chi connectivity index (χ0n) is 15.6. The number of β-amino-alcohol motifs (C(OH)–C–C–N with tert-alkyl or cyclic N) is 1. The van der Waals surface area contributed by atoms with E-state index in [1.807, 2.05) is 20.8 Å². The van der Waals surface area contributed by atoms with Crippen molar-refractivity contribution in [1.29, 1.82) is 0 Å². The Morgan fingerprint density at radius 3 is 2.08 bits per heavy atom. The van der Waals surface area contributed by atoms with E-state index in [1.54, 1.807) is 13.8 Å². The van der Waals surface area contributed by atoms with Gasteiger partial charge >= 0.3 is 6.03 Å². The molecule has 2 N–H and O–H groups in total. The first-order valence-corrected chi connectivity index (χ1v) is 8.77. The molecule has 0 aromatic heterocycles. The molecule has 138 valence electrons. The second-order valence-electron chi connectivity index (χ2n) is 8.54. The molecule has 2 aliphatic heterocycles. The number of piperazine rings is 1. The summed E-state index contributed by atoms with van der Waals surface area (Å²) in [6.07, 6.45) is -0.336. The van der Waals surface area contributed by atoms with Crippen LogP contribution in [0.5, 0.6) is 0 Å². The number of amides is 3. The van der Waals surface area contributed by atoms with E-state index < -0.39 is 5.54 Å². The Morgan fingerprint density at radius 2 is 1.62 bits per heavy atom. The number of imide groups is 1. The Balaban J connectivity index is 1.74. The summed E-state index contributed by atoms with van der Waals surface area (Å²) in [5, 5.41) is 12.9. The highest BCUT2D eigenvalue weighted by molar-refractivity contribution is 6.06. The predicted octanol–water partition coefficient (Wildman–Crippen LogP) is 0.341. The second kappa shape index (κ2) is 6.98. The minimum atomic E-state index is -0.793. The molecule has 2 heterocycles. The molecule has 1 atom stereocenters. The van der Waals surface area contributed by atoms with E-state index in [4.69, 9.17) is 0 Å². The van der Waals surface area contributed by atoms with Crippen LogP contribution in [0, 0.1) is 5.41 Å². The Morgan fingerprint density at radius 1 is 1.08 bits per heavy atom. The zero-order chi connectivity index (χ0) is 18.1. The standard InChI is InChI=1S/C17H32N4O3/c1-16(2,3)13(22)12-20-8-6-19(7-9-20)10-11-21-14(23)17(4,5)18-15(21)24/h13,22H,6-12H2,1-5H3,(H,18,24). The number of nitrogens with zero attached hydrogens (tertiary/aromatic N) is 3. The summed E-state index contributed by atoms with van der Waals surface area (Å²) in [6.45, 7) is 15.0. The Labute approximate surface area is 145 Å². The summed E-state index contributed by atoms with van der Waals surface area (Å²) in [5.74, 6) is -0.153. The first-order chi connectivity index (χ1) is 11.0. The van der Waals surface area contributed by atoms with Crippen LogP contribution < -0.4 is 5.32 Å². The minimum absolute atomic E-state index is 0.104. The van der Waals surface area contributed by atoms with Crippen LogP contribution >= 0.6 is 0 Å². The molecule has 0 aromatic rings. The topological polar surface area (TPSA) is 76.1 Å². The third kappa shape index (κ3) is 4.46. The van der Waals surface area contributed by atoms with Crippen molar-refractivity contribution in [2.45, 2.75) is 46.3 Å². The van der Waals surface area contributed by atoms with E-state index in [9.17, 15) is 14.7 Å². The first kappa shape index (κ1) is 19.1. The second-order valence-corrected chi connectivity index (χ2v) is 8.54. The number of aliphatic hydroxyl groups is 1. The maximum absolute atomic E-state index is 12.2. The van der Waals surface area contributed by atoms with Crippen LogP contribution in [0.1, 0.15) is 34.6 Å². The smallest absolute Gasteiger partial charge is 0.325 e. The quantitative estimate of drug-likeness (QED) is 0.706. The molecule has 7 nitrogen and oxygen atoms in total. The summed E-state index contributed by atoms with van der Waals surface area (Å²) in [6, 6.07) is -0.295. The largest absolute Gasteiger partial charge is 0.391 e. The van der Waals surface area contributed by atoms with Crippen LogP contribution in [-0.4, -0.2) is 89.2 Å². The van der Waals surface area contributed by atoms with E-state index >= 15 is 0 Å². The molecule has 2 saturated heterocycles. The van der Waals surface area contributed by atoms with Crippen molar-refractivity contribution in [3.8, 4) is 0 Å². The van der Waals surface area contributed by atoms with Crippen molar-refractivity contribution in [3.63, 3.8) is 0 Å². The minimum Gasteiger partial charge on any atom is -0.391 e. The van der Waals surface area contributed by atoms with Crippen LogP contribution in [0.4, 0.5) is 4.79 Å². The van der Waals surface area contributed by atoms with Crippen LogP contribution in [0.15, 0.2) is 0 Å². The predicted molar refractivity (Wildman–Crippen MR) is 92.7 cm³/mol. The van der Waals surface area contributed by atoms with Crippen molar-refractivity contribution >= 4 is 11.9 Å². The van der Waals surface area contributed by atoms with Gasteiger partial charge in [0.1, 0.15) is 5.54 Å². The lowest BCUT2D eigenvalue weighted by atomic mass is 9.89. The molecule has 0 saturated carbocycles. The molecular weight excluding hydrogens is 308 g/mol. The van der Waals surface area contributed by atoms with E-state index in [1.165, 1.54) is 4.90 Å². The van der Waals surface area contributed by atoms with Gasteiger partial charge in [-0.05, 0) is 19.3 Å². The van der Waals surface area contributed by atoms with Gasteiger partial charge in [0.15, 0.2) is 0 Å². The molecule has 0 radical (unpaired) electrons. The van der Waals surface area contributed by atoms with Gasteiger partial charge in [-0.15, -0.1) is 0 Å². The third-order valence-corrected chi connectivity index (χ3v) is 4.98. The van der Waals surface area contributed by atoms with Gasteiger partial charge < -0.3 is 10.4 Å². The van der Waals surface area contributed by atoms with E-state index in [0.29, 0.717) is 19.6 Å². The molecule has 7 heteroatoms. The molecule has 3 amide bonds. The summed E-state index contributed by atoms with van der Waals surface area (Å²) in [7, 11) is 0. The van der Waals surface area contributed by atoms with Crippen molar-refractivity contribution in [2.75, 3.05) is 45.8 Å². The fraction of sp³-hybridized carbons (Fsp3) is 0.882. The van der Waals surface area contributed by atoms with Gasteiger partial charge in [0, 0.05) is 45.8 Å². The van der Waals surface area contributed by atoms with E-state index in [2.05, 4.69) is 15.1 Å². The highest BCUT2D eigenvalue weighted by Gasteiger charge is 2.44. The number of carbonyl (C=O) groups excluding carboxylic acids is 2. The molecule has 2 aliphatic rings. The van der Waals surface area contributed by atoms with Gasteiger partial charge in [-0.25, -0.2) is 4.79 Å². The average molecular weight is 340 g/mol. The monoisotopic (exact) mass is 340 g/mol. The number of rotatable bonds is 5. The molecule has 2 rings (SSSR count). The SMILES string of the molecule is CC1(C)NC(=O)N(CCN2CCN(CC(O)C(C)(C)C)CC2)C1=O. The average Bonchev–Trinajstić information content (AvgIpc) is 2.66. The fourth-order valence-corrected chi connectivity index (χ4v) is 2.98. The van der Waals surface area contributed by atoms with Crippen molar-refractivity contribution in [3.05, 3.63) is 0 Å². The molecule has 24 heavy (non-hydrogen) atoms. The van der Waals surface area contributed by atoms with Crippen LogP contribution in [0.3, 0.4) is 0 Å². The Kier molecular flexibility index (Phi) is 5.57. The number of nitrogens with one attached hydrogen (secondary N) is 1. The van der Waals surface area contributed by atoms with Gasteiger partial charge in [0.25, 0.3) is 5.91 Å². The fourth-order valence-electron chi connectivity index (χ4n) is 2.98. The lowest BCUT2D eigenvalue weighted by molar-refractivity contribution is -0.130. The van der Waals surface area contributed by atoms with Crippen LogP contribution in [-0.2, 0) is 4.79 Å². The maximum Gasteiger partial charge on any atom is 0.325 e. The maximum atomic E-state index is 12.2. The van der Waals surface area contributed by atoms with Crippen molar-refractivity contribution in [1.82, 2.24) is 20.0 Å². The van der Waals surface area contributed by atoms with Gasteiger partial charge in [-0.3, -0.25) is 19.5 Å². The Hall–Kier alpha value is -1.18. The Bertz CT molecular complexity index is 479. The molecule has 0 aromatic carbocycles.